The summed E-state index contributed by atoms with van der Waals surface area (Å²) in [5, 5.41) is 12.2. The Balaban J connectivity index is 2.64. The lowest BCUT2D eigenvalue weighted by Crippen LogP contribution is -2.06. The fourth-order valence-corrected chi connectivity index (χ4v) is 2.28. The van der Waals surface area contributed by atoms with Crippen LogP contribution in [0, 0.1) is 0 Å². The van der Waals surface area contributed by atoms with Crippen molar-refractivity contribution in [1.82, 2.24) is 5.16 Å². The largest absolute Gasteiger partial charge is 0.495 e. The minimum Gasteiger partial charge on any atom is -0.495 e. The molecule has 0 spiro atoms. The van der Waals surface area contributed by atoms with E-state index in [2.05, 4.69) is 25.6 Å². The van der Waals surface area contributed by atoms with Crippen molar-refractivity contribution in [2.24, 2.45) is 0 Å². The van der Waals surface area contributed by atoms with E-state index in [0.717, 1.165) is 18.2 Å². The smallest absolute Gasteiger partial charge is 0.416 e. The highest BCUT2D eigenvalue weighted by atomic mass is 79.9. The minimum absolute atomic E-state index is 0.0320. The van der Waals surface area contributed by atoms with Crippen LogP contribution in [0.15, 0.2) is 27.2 Å². The third-order valence-corrected chi connectivity index (χ3v) is 3.16. The number of ether oxygens (including phenoxy) is 1. The lowest BCUT2D eigenvalue weighted by atomic mass is 10.1. The van der Waals surface area contributed by atoms with Gasteiger partial charge >= 0.3 is 12.1 Å². The first-order valence-electron chi connectivity index (χ1n) is 5.39. The van der Waals surface area contributed by atoms with Crippen LogP contribution < -0.4 is 4.74 Å². The maximum atomic E-state index is 12.8. The first kappa shape index (κ1) is 15.4. The molecule has 1 N–H and O–H groups in total. The summed E-state index contributed by atoms with van der Waals surface area (Å²) in [5.74, 6) is -1.77. The molecule has 0 aliphatic carbocycles. The number of methoxy groups -OCH3 is 1. The zero-order chi connectivity index (χ0) is 15.8. The number of hydrogen-bond acceptors (Lipinski definition) is 4. The molecule has 0 unspecified atom stereocenters. The van der Waals surface area contributed by atoms with Crippen LogP contribution in [0.3, 0.4) is 0 Å². The quantitative estimate of drug-likeness (QED) is 0.894. The molecule has 5 nitrogen and oxygen atoms in total. The molecule has 9 heteroatoms. The number of aromatic carboxylic acids is 1. The number of alkyl halides is 3. The number of hydrogen-bond donors (Lipinski definition) is 1. The second-order valence-electron chi connectivity index (χ2n) is 3.92. The molecule has 2 rings (SSSR count). The van der Waals surface area contributed by atoms with Crippen molar-refractivity contribution in [2.75, 3.05) is 7.11 Å². The zero-order valence-corrected chi connectivity index (χ0v) is 11.9. The molecule has 1 aromatic heterocycles. The highest BCUT2D eigenvalue weighted by molar-refractivity contribution is 9.10. The Labute approximate surface area is 124 Å². The Kier molecular flexibility index (Phi) is 3.95. The average molecular weight is 366 g/mol. The molecule has 0 bridgehead atoms. The van der Waals surface area contributed by atoms with Crippen molar-refractivity contribution in [2.45, 2.75) is 6.18 Å². The van der Waals surface area contributed by atoms with E-state index in [1.54, 1.807) is 0 Å². The molecule has 0 amide bonds. The van der Waals surface area contributed by atoms with Crippen LogP contribution in [-0.2, 0) is 6.18 Å². The van der Waals surface area contributed by atoms with Gasteiger partial charge in [0.25, 0.3) is 0 Å². The van der Waals surface area contributed by atoms with Gasteiger partial charge in [0.15, 0.2) is 0 Å². The number of nitrogens with zero attached hydrogens (tertiary/aromatic N) is 1. The van der Waals surface area contributed by atoms with E-state index >= 15 is 0 Å². The third kappa shape index (κ3) is 3.02. The Hall–Kier alpha value is -2.03. The minimum atomic E-state index is -4.57. The Morgan fingerprint density at radius 1 is 1.38 bits per heavy atom. The first-order chi connectivity index (χ1) is 9.74. The van der Waals surface area contributed by atoms with Gasteiger partial charge in [-0.1, -0.05) is 5.16 Å². The summed E-state index contributed by atoms with van der Waals surface area (Å²) in [6, 6.07) is 2.69. The van der Waals surface area contributed by atoms with Gasteiger partial charge in [0, 0.05) is 11.6 Å². The predicted octanol–water partition coefficient (Wildman–Crippen LogP) is 3.83. The van der Waals surface area contributed by atoms with Crippen LogP contribution >= 0.6 is 15.9 Å². The molecule has 0 fully saturated rings. The van der Waals surface area contributed by atoms with Crippen molar-refractivity contribution in [1.29, 1.82) is 0 Å². The number of halogens is 4. The molecule has 0 saturated heterocycles. The first-order valence-corrected chi connectivity index (χ1v) is 6.18. The van der Waals surface area contributed by atoms with Crippen LogP contribution in [0.2, 0.25) is 0 Å². The number of benzene rings is 1. The van der Waals surface area contributed by atoms with Gasteiger partial charge < -0.3 is 14.4 Å². The van der Waals surface area contributed by atoms with E-state index in [1.165, 1.54) is 7.11 Å². The predicted molar refractivity (Wildman–Crippen MR) is 68.2 cm³/mol. The molecule has 1 heterocycles. The fraction of sp³-hybridized carbons (Fsp3) is 0.167. The van der Waals surface area contributed by atoms with Gasteiger partial charge in [0.05, 0.1) is 17.1 Å². The molecule has 2 aromatic rings. The van der Waals surface area contributed by atoms with E-state index in [1.807, 2.05) is 0 Å². The number of carboxylic acid groups (broad SMARTS) is 1. The van der Waals surface area contributed by atoms with Crippen molar-refractivity contribution >= 4 is 21.9 Å². The molecule has 0 atom stereocenters. The van der Waals surface area contributed by atoms with Crippen molar-refractivity contribution < 1.29 is 32.3 Å². The number of carboxylic acids is 1. The Bertz CT molecular complexity index is 696. The van der Waals surface area contributed by atoms with Gasteiger partial charge in [0.2, 0.25) is 5.76 Å². The molecule has 21 heavy (non-hydrogen) atoms. The zero-order valence-electron chi connectivity index (χ0n) is 10.4. The van der Waals surface area contributed by atoms with E-state index < -0.39 is 23.5 Å². The van der Waals surface area contributed by atoms with Gasteiger partial charge in [-0.3, -0.25) is 0 Å². The van der Waals surface area contributed by atoms with E-state index in [0.29, 0.717) is 0 Å². The SMILES string of the molecule is COc1c(Br)cc(C(F)(F)F)cc1-c1cc(C(=O)O)on1. The van der Waals surface area contributed by atoms with Crippen LogP contribution in [0.25, 0.3) is 11.3 Å². The maximum absolute atomic E-state index is 12.8. The lowest BCUT2D eigenvalue weighted by molar-refractivity contribution is -0.137. The van der Waals surface area contributed by atoms with Crippen LogP contribution in [0.5, 0.6) is 5.75 Å². The average Bonchev–Trinajstić information content (AvgIpc) is 2.86. The van der Waals surface area contributed by atoms with Crippen LogP contribution in [0.4, 0.5) is 13.2 Å². The summed E-state index contributed by atoms with van der Waals surface area (Å²) in [6.07, 6.45) is -4.57. The standard InChI is InChI=1S/C12H7BrF3NO4/c1-20-10-6(8-4-9(11(18)19)21-17-8)2-5(3-7(10)13)12(14,15)16/h2-4H,1H3,(H,18,19). The normalized spacial score (nSPS) is 11.5. The van der Waals surface area contributed by atoms with Crippen LogP contribution in [-0.4, -0.2) is 23.3 Å². The lowest BCUT2D eigenvalue weighted by Gasteiger charge is -2.13. The summed E-state index contributed by atoms with van der Waals surface area (Å²) >= 11 is 2.98. The number of carbonyl (C=O) groups is 1. The van der Waals surface area contributed by atoms with Gasteiger partial charge in [-0.05, 0) is 28.1 Å². The summed E-state index contributed by atoms with van der Waals surface area (Å²) in [5.41, 5.74) is -1.03. The Morgan fingerprint density at radius 3 is 2.52 bits per heavy atom. The molecule has 112 valence electrons. The maximum Gasteiger partial charge on any atom is 0.416 e. The highest BCUT2D eigenvalue weighted by Gasteiger charge is 2.33. The third-order valence-electron chi connectivity index (χ3n) is 2.57. The molecule has 0 saturated carbocycles. The molecule has 0 aliphatic rings. The monoisotopic (exact) mass is 365 g/mol. The summed E-state index contributed by atoms with van der Waals surface area (Å²) < 4.78 is 48.1. The molecular formula is C12H7BrF3NO4. The van der Waals surface area contributed by atoms with E-state index in [-0.39, 0.29) is 21.5 Å². The van der Waals surface area contributed by atoms with Gasteiger partial charge in [0.1, 0.15) is 11.4 Å². The summed E-state index contributed by atoms with van der Waals surface area (Å²) in [6.45, 7) is 0. The second kappa shape index (κ2) is 5.40. The highest BCUT2D eigenvalue weighted by Crippen LogP contribution is 2.41. The van der Waals surface area contributed by atoms with Gasteiger partial charge in [-0.2, -0.15) is 13.2 Å². The van der Waals surface area contributed by atoms with Crippen molar-refractivity contribution in [3.05, 3.63) is 34.0 Å². The second-order valence-corrected chi connectivity index (χ2v) is 4.77. The molecule has 1 aromatic carbocycles. The van der Waals surface area contributed by atoms with Gasteiger partial charge in [-0.25, -0.2) is 4.79 Å². The van der Waals surface area contributed by atoms with Crippen molar-refractivity contribution in [3.63, 3.8) is 0 Å². The number of rotatable bonds is 3. The van der Waals surface area contributed by atoms with E-state index in [4.69, 9.17) is 9.84 Å². The van der Waals surface area contributed by atoms with Crippen molar-refractivity contribution in [3.8, 4) is 17.0 Å². The molecular weight excluding hydrogens is 359 g/mol. The molecule has 0 aliphatic heterocycles. The van der Waals surface area contributed by atoms with Gasteiger partial charge in [-0.15, -0.1) is 0 Å². The number of aromatic nitrogens is 1. The fourth-order valence-electron chi connectivity index (χ4n) is 1.66. The van der Waals surface area contributed by atoms with Crippen LogP contribution in [0.1, 0.15) is 16.1 Å². The van der Waals surface area contributed by atoms with E-state index in [9.17, 15) is 18.0 Å². The summed E-state index contributed by atoms with van der Waals surface area (Å²) in [4.78, 5) is 10.7. The topological polar surface area (TPSA) is 72.6 Å². The summed E-state index contributed by atoms with van der Waals surface area (Å²) in [7, 11) is 1.27. The molecule has 0 radical (unpaired) electrons. The Morgan fingerprint density at radius 2 is 2.05 bits per heavy atom.